The van der Waals surface area contributed by atoms with Gasteiger partial charge in [0.05, 0.1) is 5.69 Å². The highest BCUT2D eigenvalue weighted by Gasteiger charge is 2.48. The van der Waals surface area contributed by atoms with Gasteiger partial charge < -0.3 is 9.50 Å². The van der Waals surface area contributed by atoms with E-state index in [0.717, 1.165) is 12.1 Å². The molecular formula is C15H10F3NO5S. The van der Waals surface area contributed by atoms with Crippen LogP contribution in [0.5, 0.6) is 5.75 Å². The summed E-state index contributed by atoms with van der Waals surface area (Å²) in [5, 5.41) is 2.04. The molecule has 1 N–H and O–H groups in total. The molecule has 0 unspecified atom stereocenters. The van der Waals surface area contributed by atoms with E-state index < -0.39 is 38.8 Å². The number of nitrogens with one attached hydrogen (secondary N) is 1. The number of anilines is 1. The maximum Gasteiger partial charge on any atom is 0.534 e. The summed E-state index contributed by atoms with van der Waals surface area (Å²) in [6.45, 7) is 0. The second-order valence-electron chi connectivity index (χ2n) is 4.63. The van der Waals surface area contributed by atoms with Gasteiger partial charge in [0.2, 0.25) is 0 Å². The number of halogens is 3. The number of amides is 1. The summed E-state index contributed by atoms with van der Waals surface area (Å²) in [5.41, 5.74) is -5.98. The molecule has 0 heterocycles. The topological polar surface area (TPSA) is 89.5 Å². The molecule has 2 aromatic carbocycles. The van der Waals surface area contributed by atoms with E-state index in [1.165, 1.54) is 36.4 Å². The number of hydrogen-bond donors (Lipinski definition) is 1. The standard InChI is InChI=1S/C15H10F3NO5S/c16-15(17,18)25(22,23)24-12-9-5-4-8-11(12)19-14(21)13(20)10-6-2-1-3-7-10/h1-9H,(H,19,21). The predicted octanol–water partition coefficient (Wildman–Crippen LogP) is 2.74. The Morgan fingerprint density at radius 3 is 2.08 bits per heavy atom. The lowest BCUT2D eigenvalue weighted by molar-refractivity contribution is -0.112. The lowest BCUT2D eigenvalue weighted by atomic mass is 10.1. The Balaban J connectivity index is 2.24. The van der Waals surface area contributed by atoms with Crippen LogP contribution in [0.4, 0.5) is 18.9 Å². The first-order chi connectivity index (χ1) is 11.6. The normalized spacial score (nSPS) is 11.6. The van der Waals surface area contributed by atoms with Crippen molar-refractivity contribution in [3.8, 4) is 5.75 Å². The number of alkyl halides is 3. The smallest absolute Gasteiger partial charge is 0.374 e. The number of hydrogen-bond acceptors (Lipinski definition) is 5. The number of benzene rings is 2. The first kappa shape index (κ1) is 18.5. The van der Waals surface area contributed by atoms with Crippen LogP contribution < -0.4 is 9.50 Å². The van der Waals surface area contributed by atoms with Crippen LogP contribution in [0.25, 0.3) is 0 Å². The van der Waals surface area contributed by atoms with E-state index in [0.29, 0.717) is 0 Å². The van der Waals surface area contributed by atoms with E-state index in [4.69, 9.17) is 0 Å². The summed E-state index contributed by atoms with van der Waals surface area (Å²) >= 11 is 0. The number of rotatable bonds is 5. The third-order valence-corrected chi connectivity index (χ3v) is 3.83. The zero-order valence-electron chi connectivity index (χ0n) is 12.3. The molecule has 6 nitrogen and oxygen atoms in total. The van der Waals surface area contributed by atoms with Gasteiger partial charge in [-0.15, -0.1) is 0 Å². The number of carbonyl (C=O) groups is 2. The third-order valence-electron chi connectivity index (χ3n) is 2.86. The molecule has 0 aromatic heterocycles. The molecule has 0 fully saturated rings. The maximum atomic E-state index is 12.4. The van der Waals surface area contributed by atoms with Crippen LogP contribution in [0.15, 0.2) is 54.6 Å². The van der Waals surface area contributed by atoms with Gasteiger partial charge >= 0.3 is 15.6 Å². The van der Waals surface area contributed by atoms with E-state index >= 15 is 0 Å². The molecule has 0 spiro atoms. The van der Waals surface area contributed by atoms with Crippen LogP contribution in [0.1, 0.15) is 10.4 Å². The molecule has 1 amide bonds. The van der Waals surface area contributed by atoms with E-state index in [2.05, 4.69) is 4.18 Å². The molecule has 0 aliphatic carbocycles. The number of carbonyl (C=O) groups excluding carboxylic acids is 2. The molecule has 2 aromatic rings. The van der Waals surface area contributed by atoms with E-state index in [-0.39, 0.29) is 5.56 Å². The molecule has 0 saturated carbocycles. The minimum absolute atomic E-state index is 0.0568. The quantitative estimate of drug-likeness (QED) is 0.377. The monoisotopic (exact) mass is 373 g/mol. The largest absolute Gasteiger partial charge is 0.534 e. The predicted molar refractivity (Wildman–Crippen MR) is 81.4 cm³/mol. The lowest BCUT2D eigenvalue weighted by Crippen LogP contribution is -2.29. The van der Waals surface area contributed by atoms with Gasteiger partial charge in [-0.3, -0.25) is 9.59 Å². The van der Waals surface area contributed by atoms with Crippen LogP contribution in [0, 0.1) is 0 Å². The Kier molecular flexibility index (Phi) is 5.12. The summed E-state index contributed by atoms with van der Waals surface area (Å²) in [6, 6.07) is 11.9. The molecule has 0 saturated heterocycles. The van der Waals surface area contributed by atoms with Gasteiger partial charge in [0, 0.05) is 5.56 Å². The molecule has 2 rings (SSSR count). The van der Waals surface area contributed by atoms with E-state index in [1.54, 1.807) is 6.07 Å². The van der Waals surface area contributed by atoms with Gasteiger partial charge in [0.15, 0.2) is 5.75 Å². The Morgan fingerprint density at radius 2 is 1.48 bits per heavy atom. The molecule has 25 heavy (non-hydrogen) atoms. The van der Waals surface area contributed by atoms with Crippen molar-refractivity contribution >= 4 is 27.5 Å². The van der Waals surface area contributed by atoms with Gasteiger partial charge in [0.1, 0.15) is 0 Å². The number of ketones is 1. The van der Waals surface area contributed by atoms with Crippen molar-refractivity contribution in [1.29, 1.82) is 0 Å². The van der Waals surface area contributed by atoms with Crippen molar-refractivity contribution in [2.75, 3.05) is 5.32 Å². The van der Waals surface area contributed by atoms with Crippen molar-refractivity contribution in [2.45, 2.75) is 5.51 Å². The van der Waals surface area contributed by atoms with Gasteiger partial charge in [-0.2, -0.15) is 21.6 Å². The first-order valence-corrected chi connectivity index (χ1v) is 8.03. The Morgan fingerprint density at radius 1 is 0.920 bits per heavy atom. The third kappa shape index (κ3) is 4.35. The number of para-hydroxylation sites is 2. The zero-order chi connectivity index (χ0) is 18.7. The fourth-order valence-corrected chi connectivity index (χ4v) is 2.18. The summed E-state index contributed by atoms with van der Waals surface area (Å²) in [7, 11) is -5.92. The van der Waals surface area contributed by atoms with Gasteiger partial charge in [-0.25, -0.2) is 0 Å². The van der Waals surface area contributed by atoms with E-state index in [1.807, 2.05) is 5.32 Å². The fourth-order valence-electron chi connectivity index (χ4n) is 1.71. The Bertz CT molecular complexity index is 895. The van der Waals surface area contributed by atoms with Gasteiger partial charge in [-0.1, -0.05) is 42.5 Å². The van der Waals surface area contributed by atoms with Crippen LogP contribution >= 0.6 is 0 Å². The molecule has 0 atom stereocenters. The SMILES string of the molecule is O=C(Nc1ccccc1OS(=O)(=O)C(F)(F)F)C(=O)c1ccccc1. The molecule has 0 aliphatic rings. The van der Waals surface area contributed by atoms with Crippen LogP contribution in [0.3, 0.4) is 0 Å². The molecule has 0 aliphatic heterocycles. The second-order valence-corrected chi connectivity index (χ2v) is 6.17. The van der Waals surface area contributed by atoms with Crippen molar-refractivity contribution in [2.24, 2.45) is 0 Å². The van der Waals surface area contributed by atoms with Crippen molar-refractivity contribution < 1.29 is 35.4 Å². The minimum Gasteiger partial charge on any atom is -0.374 e. The molecule has 132 valence electrons. The van der Waals surface area contributed by atoms with Crippen LogP contribution in [-0.4, -0.2) is 25.6 Å². The highest BCUT2D eigenvalue weighted by Crippen LogP contribution is 2.31. The van der Waals surface area contributed by atoms with E-state index in [9.17, 15) is 31.2 Å². The summed E-state index contributed by atoms with van der Waals surface area (Å²) in [6.07, 6.45) is 0. The van der Waals surface area contributed by atoms with Crippen molar-refractivity contribution in [3.63, 3.8) is 0 Å². The average molecular weight is 373 g/mol. The Labute approximate surface area is 140 Å². The Hall–Kier alpha value is -2.88. The summed E-state index contributed by atoms with van der Waals surface area (Å²) in [4.78, 5) is 23.9. The maximum absolute atomic E-state index is 12.4. The zero-order valence-corrected chi connectivity index (χ0v) is 13.1. The van der Waals surface area contributed by atoms with Crippen molar-refractivity contribution in [3.05, 3.63) is 60.2 Å². The summed E-state index contributed by atoms with van der Waals surface area (Å²) < 4.78 is 63.4. The van der Waals surface area contributed by atoms with Crippen molar-refractivity contribution in [1.82, 2.24) is 0 Å². The van der Waals surface area contributed by atoms with Crippen LogP contribution in [0.2, 0.25) is 0 Å². The molecule has 0 radical (unpaired) electrons. The molecule has 10 heteroatoms. The first-order valence-electron chi connectivity index (χ1n) is 6.62. The number of Topliss-reactive ketones (excluding diaryl/α,β-unsaturated/α-hetero) is 1. The summed E-state index contributed by atoms with van der Waals surface area (Å²) in [5.74, 6) is -2.88. The lowest BCUT2D eigenvalue weighted by Gasteiger charge is -2.13. The minimum atomic E-state index is -5.92. The van der Waals surface area contributed by atoms with Gasteiger partial charge in [0.25, 0.3) is 11.7 Å². The van der Waals surface area contributed by atoms with Gasteiger partial charge in [-0.05, 0) is 12.1 Å². The second kappa shape index (κ2) is 6.93. The average Bonchev–Trinajstić information content (AvgIpc) is 2.55. The molecular weight excluding hydrogens is 363 g/mol. The highest BCUT2D eigenvalue weighted by atomic mass is 32.2. The fraction of sp³-hybridized carbons (Fsp3) is 0.0667. The van der Waals surface area contributed by atoms with Crippen LogP contribution in [-0.2, 0) is 14.9 Å². The molecule has 0 bridgehead atoms. The highest BCUT2D eigenvalue weighted by molar-refractivity contribution is 7.88.